The molecule has 3 aromatic heterocycles. The summed E-state index contributed by atoms with van der Waals surface area (Å²) < 4.78 is 1.44. The minimum atomic E-state index is -0.138. The minimum absolute atomic E-state index is 0.0588. The lowest BCUT2D eigenvalue weighted by molar-refractivity contribution is -0.134. The number of carbonyl (C=O) groups is 1. The van der Waals surface area contributed by atoms with Crippen molar-refractivity contribution in [1.29, 1.82) is 0 Å². The lowest BCUT2D eigenvalue weighted by Crippen LogP contribution is -2.39. The Morgan fingerprint density at radius 1 is 1.31 bits per heavy atom. The van der Waals surface area contributed by atoms with Crippen LogP contribution in [-0.4, -0.2) is 36.9 Å². The Balaban J connectivity index is 1.64. The highest BCUT2D eigenvalue weighted by atomic mass is 16.2. The molecule has 7 nitrogen and oxygen atoms in total. The molecule has 1 aliphatic rings. The molecule has 3 aromatic rings. The van der Waals surface area contributed by atoms with E-state index in [1.165, 1.54) is 10.6 Å². The molecule has 1 fully saturated rings. The van der Waals surface area contributed by atoms with E-state index in [9.17, 15) is 9.59 Å². The number of rotatable bonds is 3. The van der Waals surface area contributed by atoms with Crippen molar-refractivity contribution in [2.75, 3.05) is 6.54 Å². The molecule has 1 amide bonds. The van der Waals surface area contributed by atoms with E-state index in [4.69, 9.17) is 0 Å². The number of likely N-dealkylation sites (tertiary alicyclic amines) is 1. The Morgan fingerprint density at radius 2 is 2.19 bits per heavy atom. The summed E-state index contributed by atoms with van der Waals surface area (Å²) in [6.45, 7) is 2.52. The summed E-state index contributed by atoms with van der Waals surface area (Å²) in [6.07, 6.45) is 4.90. The van der Waals surface area contributed by atoms with Crippen molar-refractivity contribution in [3.63, 3.8) is 0 Å². The maximum atomic E-state index is 12.9. The van der Waals surface area contributed by atoms with Crippen molar-refractivity contribution in [3.8, 4) is 0 Å². The van der Waals surface area contributed by atoms with Gasteiger partial charge in [0.05, 0.1) is 18.2 Å². The third-order valence-corrected chi connectivity index (χ3v) is 4.84. The van der Waals surface area contributed by atoms with Gasteiger partial charge in [-0.15, -0.1) is 0 Å². The first-order chi connectivity index (χ1) is 12.6. The number of hydrogen-bond acceptors (Lipinski definition) is 4. The maximum absolute atomic E-state index is 12.9. The third kappa shape index (κ3) is 3.12. The second-order valence-electron chi connectivity index (χ2n) is 6.74. The molecule has 26 heavy (non-hydrogen) atoms. The topological polar surface area (TPSA) is 83.4 Å². The summed E-state index contributed by atoms with van der Waals surface area (Å²) in [6, 6.07) is 8.91. The first-order valence-electron chi connectivity index (χ1n) is 8.90. The highest BCUT2D eigenvalue weighted by Crippen LogP contribution is 2.30. The van der Waals surface area contributed by atoms with E-state index >= 15 is 0 Å². The molecule has 1 unspecified atom stereocenters. The van der Waals surface area contributed by atoms with E-state index in [2.05, 4.69) is 15.1 Å². The van der Waals surface area contributed by atoms with Crippen LogP contribution in [0.3, 0.4) is 0 Å². The monoisotopic (exact) mass is 351 g/mol. The van der Waals surface area contributed by atoms with Crippen LogP contribution >= 0.6 is 0 Å². The molecule has 134 valence electrons. The van der Waals surface area contributed by atoms with Gasteiger partial charge in [0.2, 0.25) is 5.91 Å². The Morgan fingerprint density at radius 3 is 3.00 bits per heavy atom. The Bertz CT molecular complexity index is 992. The predicted molar refractivity (Wildman–Crippen MR) is 96.8 cm³/mol. The van der Waals surface area contributed by atoms with Crippen LogP contribution in [0.4, 0.5) is 0 Å². The van der Waals surface area contributed by atoms with E-state index in [-0.39, 0.29) is 23.9 Å². The quantitative estimate of drug-likeness (QED) is 0.782. The number of piperidine rings is 1. The number of aromatic nitrogens is 4. The fourth-order valence-corrected chi connectivity index (χ4v) is 3.61. The van der Waals surface area contributed by atoms with Gasteiger partial charge in [-0.1, -0.05) is 6.07 Å². The lowest BCUT2D eigenvalue weighted by atomic mass is 9.98. The second-order valence-corrected chi connectivity index (χ2v) is 6.74. The minimum Gasteiger partial charge on any atom is -0.334 e. The average molecular weight is 351 g/mol. The molecule has 0 radical (unpaired) electrons. The number of nitrogens with one attached hydrogen (secondary N) is 1. The molecular weight excluding hydrogens is 330 g/mol. The van der Waals surface area contributed by atoms with Crippen LogP contribution in [0.1, 0.15) is 42.4 Å². The fraction of sp³-hybridized carbons (Fsp3) is 0.368. The van der Waals surface area contributed by atoms with Crippen LogP contribution in [0, 0.1) is 6.92 Å². The largest absolute Gasteiger partial charge is 0.334 e. The predicted octanol–water partition coefficient (Wildman–Crippen LogP) is 2.02. The number of carbonyl (C=O) groups excluding carboxylic acids is 1. The first kappa shape index (κ1) is 16.5. The Kier molecular flexibility index (Phi) is 4.28. The normalized spacial score (nSPS) is 17.6. The van der Waals surface area contributed by atoms with Gasteiger partial charge >= 0.3 is 0 Å². The summed E-state index contributed by atoms with van der Waals surface area (Å²) in [5.74, 6) is 0.0588. The Labute approximate surface area is 150 Å². The van der Waals surface area contributed by atoms with Crippen molar-refractivity contribution in [3.05, 3.63) is 64.0 Å². The first-order valence-corrected chi connectivity index (χ1v) is 8.90. The van der Waals surface area contributed by atoms with Gasteiger partial charge in [0.25, 0.3) is 5.56 Å². The van der Waals surface area contributed by atoms with E-state index in [1.54, 1.807) is 13.1 Å². The van der Waals surface area contributed by atoms with Gasteiger partial charge in [-0.2, -0.15) is 0 Å². The van der Waals surface area contributed by atoms with Crippen LogP contribution < -0.4 is 5.56 Å². The zero-order chi connectivity index (χ0) is 18.1. The molecule has 1 N–H and O–H groups in total. The molecule has 0 bridgehead atoms. The molecule has 0 saturated carbocycles. The van der Waals surface area contributed by atoms with Crippen molar-refractivity contribution in [2.45, 2.75) is 38.6 Å². The van der Waals surface area contributed by atoms with Crippen molar-refractivity contribution in [2.24, 2.45) is 0 Å². The number of amides is 1. The maximum Gasteiger partial charge on any atom is 0.272 e. The summed E-state index contributed by atoms with van der Waals surface area (Å²) in [5.41, 5.74) is 2.77. The molecule has 1 saturated heterocycles. The highest BCUT2D eigenvalue weighted by molar-refractivity contribution is 5.79. The number of aromatic amines is 1. The van der Waals surface area contributed by atoms with E-state index in [1.807, 2.05) is 29.2 Å². The molecule has 0 aliphatic carbocycles. The molecule has 4 rings (SSSR count). The molecule has 7 heteroatoms. The molecule has 1 atom stereocenters. The number of fused-ring (bicyclic) bond motifs is 1. The van der Waals surface area contributed by atoms with E-state index < -0.39 is 0 Å². The lowest BCUT2D eigenvalue weighted by Gasteiger charge is -2.35. The van der Waals surface area contributed by atoms with Gasteiger partial charge in [0.1, 0.15) is 0 Å². The van der Waals surface area contributed by atoms with Crippen LogP contribution in [0.25, 0.3) is 5.65 Å². The average Bonchev–Trinajstić information content (AvgIpc) is 3.07. The molecule has 0 spiro atoms. The van der Waals surface area contributed by atoms with Crippen molar-refractivity contribution in [1.82, 2.24) is 24.5 Å². The smallest absolute Gasteiger partial charge is 0.272 e. The standard InChI is InChI=1S/C19H21N5O2/c1-13-10-19(26)24-17(21-13)12-15(22-24)16-7-3-5-9-23(16)18(25)11-14-6-2-4-8-20-14/h2,4,6,8,10,12,16,22H,3,5,7,9,11H2,1H3. The number of H-pyrrole nitrogens is 1. The molecule has 0 aromatic carbocycles. The van der Waals surface area contributed by atoms with E-state index in [0.29, 0.717) is 17.9 Å². The number of pyridine rings is 1. The van der Waals surface area contributed by atoms with Crippen molar-refractivity contribution >= 4 is 11.6 Å². The van der Waals surface area contributed by atoms with Crippen LogP contribution in [0.5, 0.6) is 0 Å². The van der Waals surface area contributed by atoms with Gasteiger partial charge in [-0.3, -0.25) is 19.7 Å². The summed E-state index contributed by atoms with van der Waals surface area (Å²) in [5, 5.41) is 3.14. The third-order valence-electron chi connectivity index (χ3n) is 4.84. The van der Waals surface area contributed by atoms with Gasteiger partial charge in [0.15, 0.2) is 5.65 Å². The number of hydrogen-bond donors (Lipinski definition) is 1. The van der Waals surface area contributed by atoms with Crippen LogP contribution in [0.2, 0.25) is 0 Å². The summed E-state index contributed by atoms with van der Waals surface area (Å²) in [4.78, 5) is 35.6. The number of aryl methyl sites for hydroxylation is 1. The number of nitrogens with zero attached hydrogens (tertiary/aromatic N) is 4. The van der Waals surface area contributed by atoms with E-state index in [0.717, 1.165) is 30.7 Å². The SMILES string of the molecule is Cc1cc(=O)n2[nH]c(C3CCCCN3C(=O)Cc3ccccn3)cc2n1. The Hall–Kier alpha value is -2.96. The second kappa shape index (κ2) is 6.74. The van der Waals surface area contributed by atoms with Crippen molar-refractivity contribution < 1.29 is 4.79 Å². The van der Waals surface area contributed by atoms with Gasteiger partial charge < -0.3 is 4.90 Å². The van der Waals surface area contributed by atoms with Crippen LogP contribution in [-0.2, 0) is 11.2 Å². The highest BCUT2D eigenvalue weighted by Gasteiger charge is 2.29. The molecule has 4 heterocycles. The molecule has 1 aliphatic heterocycles. The zero-order valence-corrected chi connectivity index (χ0v) is 14.7. The fourth-order valence-electron chi connectivity index (χ4n) is 3.61. The summed E-state index contributed by atoms with van der Waals surface area (Å²) >= 11 is 0. The van der Waals surface area contributed by atoms with Gasteiger partial charge in [-0.25, -0.2) is 9.50 Å². The van der Waals surface area contributed by atoms with Gasteiger partial charge in [0, 0.05) is 36.3 Å². The molecular formula is C19H21N5O2. The summed E-state index contributed by atoms with van der Waals surface area (Å²) in [7, 11) is 0. The van der Waals surface area contributed by atoms with Gasteiger partial charge in [-0.05, 0) is 38.3 Å². The van der Waals surface area contributed by atoms with Crippen LogP contribution in [0.15, 0.2) is 41.3 Å². The zero-order valence-electron chi connectivity index (χ0n) is 14.7.